The molecule has 1 atom stereocenters. The van der Waals surface area contributed by atoms with Crippen molar-refractivity contribution < 1.29 is 9.59 Å². The van der Waals surface area contributed by atoms with Crippen LogP contribution in [0.5, 0.6) is 0 Å². The number of carbonyl (C=O) groups excluding carboxylic acids is 2. The first-order valence-corrected chi connectivity index (χ1v) is 7.34. The van der Waals surface area contributed by atoms with Gasteiger partial charge in [0, 0.05) is 0 Å². The summed E-state index contributed by atoms with van der Waals surface area (Å²) in [4.78, 5) is 24.6. The maximum Gasteiger partial charge on any atom is 0.246 e. The summed E-state index contributed by atoms with van der Waals surface area (Å²) in [5.41, 5.74) is -0.567. The molecule has 18 heavy (non-hydrogen) atoms. The molecule has 1 unspecified atom stereocenters. The maximum atomic E-state index is 12.3. The first kappa shape index (κ1) is 12.0. The molecule has 3 fully saturated rings. The van der Waals surface area contributed by atoms with Crippen LogP contribution in [0.2, 0.25) is 0 Å². The standard InChI is InChI=1S/C14H22N2O2/c17-12-11(10-6-2-1-3-7-10)15-13(18)14(16-12)8-4-5-9-14/h10-11H,1-9H2,(H,15,18)(H,16,17). The van der Waals surface area contributed by atoms with Gasteiger partial charge in [0.2, 0.25) is 11.8 Å². The molecule has 1 spiro atoms. The molecule has 1 saturated heterocycles. The largest absolute Gasteiger partial charge is 0.342 e. The lowest BCUT2D eigenvalue weighted by atomic mass is 9.81. The summed E-state index contributed by atoms with van der Waals surface area (Å²) in [5, 5.41) is 6.06. The van der Waals surface area contributed by atoms with Gasteiger partial charge in [-0.25, -0.2) is 0 Å². The van der Waals surface area contributed by atoms with Crippen molar-refractivity contribution in [3.63, 3.8) is 0 Å². The van der Waals surface area contributed by atoms with Gasteiger partial charge in [0.15, 0.2) is 0 Å². The highest BCUT2D eigenvalue weighted by Crippen LogP contribution is 2.34. The average molecular weight is 250 g/mol. The minimum Gasteiger partial charge on any atom is -0.342 e. The minimum absolute atomic E-state index is 0.0587. The SMILES string of the molecule is O=C1NC2(CCCC2)C(=O)NC1C1CCCCC1. The molecule has 0 aromatic carbocycles. The predicted octanol–water partition coefficient (Wildman–Crippen LogP) is 1.49. The van der Waals surface area contributed by atoms with E-state index in [9.17, 15) is 9.59 Å². The number of hydrogen-bond acceptors (Lipinski definition) is 2. The van der Waals surface area contributed by atoms with Crippen LogP contribution in [0.4, 0.5) is 0 Å². The van der Waals surface area contributed by atoms with E-state index in [1.807, 2.05) is 0 Å². The highest BCUT2D eigenvalue weighted by molar-refractivity contribution is 6.00. The van der Waals surface area contributed by atoms with Crippen molar-refractivity contribution in [1.82, 2.24) is 10.6 Å². The molecule has 4 heteroatoms. The fraction of sp³-hybridized carbons (Fsp3) is 0.857. The van der Waals surface area contributed by atoms with E-state index in [0.29, 0.717) is 5.92 Å². The summed E-state index contributed by atoms with van der Waals surface area (Å²) in [6.07, 6.45) is 9.50. The molecule has 2 saturated carbocycles. The van der Waals surface area contributed by atoms with Crippen molar-refractivity contribution in [2.75, 3.05) is 0 Å². The van der Waals surface area contributed by atoms with Crippen molar-refractivity contribution in [2.45, 2.75) is 69.4 Å². The highest BCUT2D eigenvalue weighted by atomic mass is 16.2. The molecule has 4 nitrogen and oxygen atoms in total. The second kappa shape index (κ2) is 4.56. The van der Waals surface area contributed by atoms with E-state index in [1.165, 1.54) is 19.3 Å². The summed E-state index contributed by atoms with van der Waals surface area (Å²) in [5.74, 6) is 0.472. The van der Waals surface area contributed by atoms with Crippen LogP contribution in [0, 0.1) is 5.92 Å². The quantitative estimate of drug-likeness (QED) is 0.741. The summed E-state index contributed by atoms with van der Waals surface area (Å²) >= 11 is 0. The molecule has 3 aliphatic rings. The van der Waals surface area contributed by atoms with Crippen LogP contribution in [-0.4, -0.2) is 23.4 Å². The van der Waals surface area contributed by atoms with E-state index in [4.69, 9.17) is 0 Å². The summed E-state index contributed by atoms with van der Waals surface area (Å²) < 4.78 is 0. The molecule has 3 rings (SSSR count). The van der Waals surface area contributed by atoms with Gasteiger partial charge in [-0.3, -0.25) is 9.59 Å². The van der Waals surface area contributed by atoms with E-state index in [-0.39, 0.29) is 17.9 Å². The topological polar surface area (TPSA) is 58.2 Å². The Bertz CT molecular complexity index is 355. The van der Waals surface area contributed by atoms with Crippen LogP contribution >= 0.6 is 0 Å². The second-order valence-corrected chi connectivity index (χ2v) is 6.13. The Balaban J connectivity index is 1.72. The molecule has 0 radical (unpaired) electrons. The monoisotopic (exact) mass is 250 g/mol. The van der Waals surface area contributed by atoms with Crippen molar-refractivity contribution in [3.05, 3.63) is 0 Å². The Hall–Kier alpha value is -1.06. The number of amides is 2. The molecular weight excluding hydrogens is 228 g/mol. The molecule has 0 aromatic heterocycles. The molecule has 0 aromatic rings. The second-order valence-electron chi connectivity index (χ2n) is 6.13. The third-order valence-electron chi connectivity index (χ3n) is 4.94. The zero-order valence-corrected chi connectivity index (χ0v) is 10.8. The van der Waals surface area contributed by atoms with E-state index < -0.39 is 5.54 Å². The fourth-order valence-corrected chi connectivity index (χ4v) is 3.85. The van der Waals surface area contributed by atoms with Gasteiger partial charge in [-0.2, -0.15) is 0 Å². The van der Waals surface area contributed by atoms with Gasteiger partial charge in [0.1, 0.15) is 11.6 Å². The molecule has 100 valence electrons. The number of rotatable bonds is 1. The van der Waals surface area contributed by atoms with Gasteiger partial charge in [-0.05, 0) is 31.6 Å². The van der Waals surface area contributed by atoms with Crippen LogP contribution in [0.3, 0.4) is 0 Å². The van der Waals surface area contributed by atoms with E-state index in [0.717, 1.165) is 38.5 Å². The molecule has 2 N–H and O–H groups in total. The van der Waals surface area contributed by atoms with Crippen molar-refractivity contribution in [1.29, 1.82) is 0 Å². The maximum absolute atomic E-state index is 12.3. The summed E-state index contributed by atoms with van der Waals surface area (Å²) in [6, 6.07) is -0.274. The van der Waals surface area contributed by atoms with Crippen molar-refractivity contribution in [2.24, 2.45) is 5.92 Å². The van der Waals surface area contributed by atoms with Gasteiger partial charge in [-0.15, -0.1) is 0 Å². The van der Waals surface area contributed by atoms with Gasteiger partial charge >= 0.3 is 0 Å². The smallest absolute Gasteiger partial charge is 0.246 e. The number of piperazine rings is 1. The van der Waals surface area contributed by atoms with E-state index in [2.05, 4.69) is 10.6 Å². The van der Waals surface area contributed by atoms with Crippen molar-refractivity contribution >= 4 is 11.8 Å². The van der Waals surface area contributed by atoms with Gasteiger partial charge in [0.25, 0.3) is 0 Å². The molecule has 2 aliphatic carbocycles. The zero-order valence-electron chi connectivity index (χ0n) is 10.8. The van der Waals surface area contributed by atoms with Crippen LogP contribution < -0.4 is 10.6 Å². The third kappa shape index (κ3) is 1.91. The molecule has 1 heterocycles. The lowest BCUT2D eigenvalue weighted by molar-refractivity contribution is -0.143. The normalized spacial score (nSPS) is 32.3. The Labute approximate surface area is 108 Å². The molecule has 1 aliphatic heterocycles. The zero-order chi connectivity index (χ0) is 12.6. The highest BCUT2D eigenvalue weighted by Gasteiger charge is 2.49. The Morgan fingerprint density at radius 2 is 1.61 bits per heavy atom. The lowest BCUT2D eigenvalue weighted by Gasteiger charge is -2.40. The lowest BCUT2D eigenvalue weighted by Crippen LogP contribution is -2.69. The Kier molecular flexibility index (Phi) is 3.04. The average Bonchev–Trinajstić information content (AvgIpc) is 2.84. The molecular formula is C14H22N2O2. The predicted molar refractivity (Wildman–Crippen MR) is 67.8 cm³/mol. The van der Waals surface area contributed by atoms with E-state index in [1.54, 1.807) is 0 Å². The van der Waals surface area contributed by atoms with Crippen LogP contribution in [-0.2, 0) is 9.59 Å². The summed E-state index contributed by atoms with van der Waals surface area (Å²) in [7, 11) is 0. The molecule has 0 bridgehead atoms. The number of hydrogen-bond donors (Lipinski definition) is 2. The first-order valence-electron chi connectivity index (χ1n) is 7.34. The summed E-state index contributed by atoms with van der Waals surface area (Å²) in [6.45, 7) is 0. The minimum atomic E-state index is -0.567. The Morgan fingerprint density at radius 3 is 2.28 bits per heavy atom. The Morgan fingerprint density at radius 1 is 0.944 bits per heavy atom. The van der Waals surface area contributed by atoms with Gasteiger partial charge in [-0.1, -0.05) is 32.1 Å². The van der Waals surface area contributed by atoms with Crippen LogP contribution in [0.25, 0.3) is 0 Å². The molecule has 2 amide bonds. The number of carbonyl (C=O) groups is 2. The first-order chi connectivity index (χ1) is 8.71. The van der Waals surface area contributed by atoms with Crippen LogP contribution in [0.15, 0.2) is 0 Å². The van der Waals surface area contributed by atoms with Gasteiger partial charge < -0.3 is 10.6 Å². The fourth-order valence-electron chi connectivity index (χ4n) is 3.85. The number of nitrogens with one attached hydrogen (secondary N) is 2. The van der Waals surface area contributed by atoms with Crippen molar-refractivity contribution in [3.8, 4) is 0 Å². The van der Waals surface area contributed by atoms with Crippen LogP contribution in [0.1, 0.15) is 57.8 Å². The van der Waals surface area contributed by atoms with E-state index >= 15 is 0 Å². The third-order valence-corrected chi connectivity index (χ3v) is 4.94. The van der Waals surface area contributed by atoms with Gasteiger partial charge in [0.05, 0.1) is 0 Å².